The second-order valence-corrected chi connectivity index (χ2v) is 5.32. The van der Waals surface area contributed by atoms with Gasteiger partial charge in [0.1, 0.15) is 6.29 Å². The van der Waals surface area contributed by atoms with Crippen LogP contribution in [-0.2, 0) is 14.4 Å². The summed E-state index contributed by atoms with van der Waals surface area (Å²) in [6, 6.07) is 0.0672. The van der Waals surface area contributed by atoms with E-state index in [0.717, 1.165) is 32.1 Å². The van der Waals surface area contributed by atoms with Crippen LogP contribution in [0, 0.1) is 5.41 Å². The number of aldehydes is 1. The maximum absolute atomic E-state index is 11.7. The highest BCUT2D eigenvalue weighted by atomic mass is 16.7. The van der Waals surface area contributed by atoms with Crippen LogP contribution < -0.4 is 0 Å². The third kappa shape index (κ3) is 3.59. The molecule has 0 saturated carbocycles. The van der Waals surface area contributed by atoms with Crippen LogP contribution in [0.2, 0.25) is 0 Å². The number of carbonyl (C=O) groups is 2. The Kier molecular flexibility index (Phi) is 4.47. The van der Waals surface area contributed by atoms with E-state index in [0.29, 0.717) is 6.42 Å². The van der Waals surface area contributed by atoms with Crippen molar-refractivity contribution in [2.75, 3.05) is 6.54 Å². The van der Waals surface area contributed by atoms with Gasteiger partial charge < -0.3 is 9.63 Å². The summed E-state index contributed by atoms with van der Waals surface area (Å²) >= 11 is 0. The molecule has 16 heavy (non-hydrogen) atoms. The van der Waals surface area contributed by atoms with Crippen LogP contribution in [0.4, 0.5) is 0 Å². The van der Waals surface area contributed by atoms with Gasteiger partial charge in [-0.1, -0.05) is 6.42 Å². The predicted molar refractivity (Wildman–Crippen MR) is 60.6 cm³/mol. The highest BCUT2D eigenvalue weighted by Crippen LogP contribution is 2.23. The number of hydroxylamine groups is 2. The van der Waals surface area contributed by atoms with Gasteiger partial charge in [0, 0.05) is 13.0 Å². The first kappa shape index (κ1) is 13.2. The summed E-state index contributed by atoms with van der Waals surface area (Å²) in [6.07, 6.45) is 4.39. The van der Waals surface area contributed by atoms with E-state index < -0.39 is 5.41 Å². The second kappa shape index (κ2) is 5.43. The Balaban J connectivity index is 2.55. The van der Waals surface area contributed by atoms with Gasteiger partial charge in [0.05, 0.1) is 11.5 Å². The number of hydrogen-bond donors (Lipinski definition) is 0. The molecule has 1 unspecified atom stereocenters. The zero-order valence-electron chi connectivity index (χ0n) is 10.4. The third-order valence-electron chi connectivity index (χ3n) is 2.75. The van der Waals surface area contributed by atoms with Gasteiger partial charge in [-0.25, -0.2) is 4.79 Å². The molecule has 0 amide bonds. The van der Waals surface area contributed by atoms with Crippen molar-refractivity contribution < 1.29 is 14.4 Å². The van der Waals surface area contributed by atoms with Crippen molar-refractivity contribution in [3.63, 3.8) is 0 Å². The quantitative estimate of drug-likeness (QED) is 0.691. The fourth-order valence-corrected chi connectivity index (χ4v) is 1.68. The maximum atomic E-state index is 11.7. The molecule has 92 valence electrons. The van der Waals surface area contributed by atoms with Gasteiger partial charge in [0.25, 0.3) is 0 Å². The average molecular weight is 227 g/mol. The van der Waals surface area contributed by atoms with Crippen molar-refractivity contribution in [3.8, 4) is 0 Å². The van der Waals surface area contributed by atoms with E-state index in [9.17, 15) is 9.59 Å². The lowest BCUT2D eigenvalue weighted by Gasteiger charge is -2.34. The summed E-state index contributed by atoms with van der Waals surface area (Å²) in [5.41, 5.74) is -0.497. The molecule has 1 fully saturated rings. The van der Waals surface area contributed by atoms with Crippen LogP contribution >= 0.6 is 0 Å². The van der Waals surface area contributed by atoms with Crippen LogP contribution in [-0.4, -0.2) is 29.9 Å². The topological polar surface area (TPSA) is 46.6 Å². The summed E-state index contributed by atoms with van der Waals surface area (Å²) in [5, 5.41) is 1.69. The Morgan fingerprint density at radius 2 is 2.12 bits per heavy atom. The Labute approximate surface area is 96.9 Å². The molecule has 0 radical (unpaired) electrons. The number of hydrogen-bond acceptors (Lipinski definition) is 4. The van der Waals surface area contributed by atoms with E-state index in [1.807, 2.05) is 20.8 Å². The second-order valence-electron chi connectivity index (χ2n) is 5.32. The first-order valence-electron chi connectivity index (χ1n) is 5.88. The number of piperidine rings is 1. The molecule has 0 N–H and O–H groups in total. The van der Waals surface area contributed by atoms with E-state index >= 15 is 0 Å². The zero-order chi connectivity index (χ0) is 12.2. The highest BCUT2D eigenvalue weighted by Gasteiger charge is 2.30. The van der Waals surface area contributed by atoms with E-state index in [4.69, 9.17) is 4.84 Å². The van der Waals surface area contributed by atoms with E-state index in [1.54, 1.807) is 5.06 Å². The molecule has 1 saturated heterocycles. The van der Waals surface area contributed by atoms with Crippen molar-refractivity contribution in [2.24, 2.45) is 5.41 Å². The van der Waals surface area contributed by atoms with Crippen LogP contribution in [0.1, 0.15) is 46.5 Å². The SMILES string of the molecule is CC(C)(C)C(=O)ON1CCCCC1CC=O. The molecule has 1 aliphatic rings. The summed E-state index contributed by atoms with van der Waals surface area (Å²) < 4.78 is 0. The molecule has 1 aliphatic heterocycles. The number of nitrogens with zero attached hydrogens (tertiary/aromatic N) is 1. The molecule has 0 aromatic rings. The minimum atomic E-state index is -0.497. The monoisotopic (exact) mass is 227 g/mol. The zero-order valence-corrected chi connectivity index (χ0v) is 10.4. The Hall–Kier alpha value is -0.900. The van der Waals surface area contributed by atoms with Gasteiger partial charge in [-0.2, -0.15) is 0 Å². The van der Waals surface area contributed by atoms with Crippen LogP contribution in [0.15, 0.2) is 0 Å². The standard InChI is InChI=1S/C12H21NO3/c1-12(2,3)11(15)16-13-8-5-4-6-10(13)7-9-14/h9-10H,4-8H2,1-3H3. The predicted octanol–water partition coefficient (Wildman–Crippen LogP) is 1.93. The molecule has 1 atom stereocenters. The molecule has 4 nitrogen and oxygen atoms in total. The molecular formula is C12H21NO3. The molecule has 0 spiro atoms. The van der Waals surface area contributed by atoms with Crippen molar-refractivity contribution >= 4 is 12.3 Å². The first-order valence-corrected chi connectivity index (χ1v) is 5.88. The minimum absolute atomic E-state index is 0.0672. The maximum Gasteiger partial charge on any atom is 0.330 e. The number of carbonyl (C=O) groups excluding carboxylic acids is 2. The van der Waals surface area contributed by atoms with Crippen molar-refractivity contribution in [1.29, 1.82) is 0 Å². The van der Waals surface area contributed by atoms with Gasteiger partial charge in [-0.05, 0) is 33.6 Å². The average Bonchev–Trinajstić information content (AvgIpc) is 2.20. The first-order chi connectivity index (χ1) is 7.45. The van der Waals surface area contributed by atoms with Crippen LogP contribution in [0.5, 0.6) is 0 Å². The van der Waals surface area contributed by atoms with Crippen LogP contribution in [0.3, 0.4) is 0 Å². The van der Waals surface area contributed by atoms with Crippen molar-refractivity contribution in [2.45, 2.75) is 52.5 Å². The minimum Gasteiger partial charge on any atom is -0.367 e. The summed E-state index contributed by atoms with van der Waals surface area (Å²) in [7, 11) is 0. The Morgan fingerprint density at radius 1 is 1.44 bits per heavy atom. The molecule has 1 heterocycles. The fraction of sp³-hybridized carbons (Fsp3) is 0.833. The van der Waals surface area contributed by atoms with Crippen molar-refractivity contribution in [3.05, 3.63) is 0 Å². The van der Waals surface area contributed by atoms with Gasteiger partial charge in [-0.15, -0.1) is 5.06 Å². The van der Waals surface area contributed by atoms with Gasteiger partial charge >= 0.3 is 5.97 Å². The molecule has 0 bridgehead atoms. The normalized spacial score (nSPS) is 22.8. The molecule has 0 aromatic heterocycles. The van der Waals surface area contributed by atoms with E-state index in [-0.39, 0.29) is 12.0 Å². The number of rotatable bonds is 3. The summed E-state index contributed by atoms with van der Waals surface area (Å²) in [5.74, 6) is -0.231. The van der Waals surface area contributed by atoms with Gasteiger partial charge in [-0.3, -0.25) is 0 Å². The summed E-state index contributed by atoms with van der Waals surface area (Å²) in [4.78, 5) is 27.6. The molecule has 4 heteroatoms. The van der Waals surface area contributed by atoms with Crippen molar-refractivity contribution in [1.82, 2.24) is 5.06 Å². The lowest BCUT2D eigenvalue weighted by atomic mass is 9.97. The highest BCUT2D eigenvalue weighted by molar-refractivity contribution is 5.75. The fourth-order valence-electron chi connectivity index (χ4n) is 1.68. The molecule has 0 aromatic carbocycles. The van der Waals surface area contributed by atoms with E-state index in [1.165, 1.54) is 0 Å². The Bertz CT molecular complexity index is 257. The van der Waals surface area contributed by atoms with Gasteiger partial charge in [0.2, 0.25) is 0 Å². The summed E-state index contributed by atoms with van der Waals surface area (Å²) in [6.45, 7) is 6.22. The van der Waals surface area contributed by atoms with Crippen LogP contribution in [0.25, 0.3) is 0 Å². The molecule has 1 rings (SSSR count). The lowest BCUT2D eigenvalue weighted by Crippen LogP contribution is -2.43. The third-order valence-corrected chi connectivity index (χ3v) is 2.75. The molecular weight excluding hydrogens is 206 g/mol. The smallest absolute Gasteiger partial charge is 0.330 e. The Morgan fingerprint density at radius 3 is 2.69 bits per heavy atom. The van der Waals surface area contributed by atoms with E-state index in [2.05, 4.69) is 0 Å². The largest absolute Gasteiger partial charge is 0.367 e. The van der Waals surface area contributed by atoms with Gasteiger partial charge in [0.15, 0.2) is 0 Å². The lowest BCUT2D eigenvalue weighted by molar-refractivity contribution is -0.217. The molecule has 0 aliphatic carbocycles.